The highest BCUT2D eigenvalue weighted by molar-refractivity contribution is 9.10. The summed E-state index contributed by atoms with van der Waals surface area (Å²) >= 11 is 3.47. The minimum atomic E-state index is 0.0698. The molecule has 110 valence electrons. The maximum Gasteiger partial charge on any atom is 0.238 e. The van der Waals surface area contributed by atoms with Gasteiger partial charge in [-0.1, -0.05) is 15.9 Å². The third kappa shape index (κ3) is 4.30. The summed E-state index contributed by atoms with van der Waals surface area (Å²) in [5.41, 5.74) is 3.11. The van der Waals surface area contributed by atoms with Gasteiger partial charge in [-0.3, -0.25) is 9.69 Å². The molecule has 1 aliphatic heterocycles. The molecule has 0 aromatic heterocycles. The van der Waals surface area contributed by atoms with Crippen LogP contribution in [0.3, 0.4) is 0 Å². The van der Waals surface area contributed by atoms with E-state index in [0.29, 0.717) is 6.54 Å². The highest BCUT2D eigenvalue weighted by atomic mass is 79.9. The summed E-state index contributed by atoms with van der Waals surface area (Å²) in [5, 5.41) is 6.40. The van der Waals surface area contributed by atoms with Gasteiger partial charge in [-0.25, -0.2) is 0 Å². The second-order valence-electron chi connectivity index (χ2n) is 5.34. The number of rotatable bonds is 3. The molecule has 1 fully saturated rings. The number of hydrogen-bond acceptors (Lipinski definition) is 3. The second kappa shape index (κ2) is 7.20. The summed E-state index contributed by atoms with van der Waals surface area (Å²) in [6.45, 7) is 8.43. The number of nitrogens with one attached hydrogen (secondary N) is 2. The van der Waals surface area contributed by atoms with E-state index in [9.17, 15) is 4.79 Å². The van der Waals surface area contributed by atoms with Gasteiger partial charge in [-0.15, -0.1) is 0 Å². The molecule has 1 heterocycles. The molecule has 20 heavy (non-hydrogen) atoms. The molecule has 1 amide bonds. The lowest BCUT2D eigenvalue weighted by Gasteiger charge is -2.20. The molecule has 4 nitrogen and oxygen atoms in total. The van der Waals surface area contributed by atoms with Crippen LogP contribution in [-0.2, 0) is 4.79 Å². The van der Waals surface area contributed by atoms with Crippen molar-refractivity contribution >= 4 is 27.5 Å². The Morgan fingerprint density at radius 2 is 2.00 bits per heavy atom. The van der Waals surface area contributed by atoms with E-state index in [2.05, 4.69) is 31.5 Å². The van der Waals surface area contributed by atoms with Crippen LogP contribution >= 0.6 is 15.9 Å². The molecule has 0 bridgehead atoms. The first-order valence-corrected chi connectivity index (χ1v) is 7.85. The smallest absolute Gasteiger partial charge is 0.238 e. The molecular weight excluding hydrogens is 318 g/mol. The summed E-state index contributed by atoms with van der Waals surface area (Å²) in [5.74, 6) is 0.0698. The van der Waals surface area contributed by atoms with E-state index in [4.69, 9.17) is 0 Å². The van der Waals surface area contributed by atoms with Gasteiger partial charge < -0.3 is 10.6 Å². The normalized spacial score (nSPS) is 16.8. The number of anilines is 1. The molecule has 0 atom stereocenters. The van der Waals surface area contributed by atoms with Gasteiger partial charge in [0.1, 0.15) is 0 Å². The van der Waals surface area contributed by atoms with Crippen molar-refractivity contribution < 1.29 is 4.79 Å². The number of aryl methyl sites for hydroxylation is 2. The molecule has 2 rings (SSSR count). The highest BCUT2D eigenvalue weighted by Crippen LogP contribution is 2.25. The van der Waals surface area contributed by atoms with E-state index in [1.165, 1.54) is 0 Å². The van der Waals surface area contributed by atoms with Crippen LogP contribution in [0.4, 0.5) is 5.69 Å². The van der Waals surface area contributed by atoms with Crippen molar-refractivity contribution in [3.63, 3.8) is 0 Å². The van der Waals surface area contributed by atoms with Crippen LogP contribution in [0.15, 0.2) is 16.6 Å². The van der Waals surface area contributed by atoms with Gasteiger partial charge in [0.25, 0.3) is 0 Å². The molecule has 1 aromatic carbocycles. The van der Waals surface area contributed by atoms with E-state index < -0.39 is 0 Å². The fraction of sp³-hybridized carbons (Fsp3) is 0.533. The van der Waals surface area contributed by atoms with Crippen molar-refractivity contribution in [3.8, 4) is 0 Å². The topological polar surface area (TPSA) is 44.4 Å². The molecule has 0 radical (unpaired) electrons. The fourth-order valence-corrected chi connectivity index (χ4v) is 3.24. The number of benzene rings is 1. The van der Waals surface area contributed by atoms with Crippen molar-refractivity contribution in [1.29, 1.82) is 0 Å². The Labute approximate surface area is 129 Å². The highest BCUT2D eigenvalue weighted by Gasteiger charge is 2.14. The zero-order valence-corrected chi connectivity index (χ0v) is 13.7. The Balaban J connectivity index is 1.97. The summed E-state index contributed by atoms with van der Waals surface area (Å²) < 4.78 is 1.05. The Hall–Kier alpha value is -0.910. The summed E-state index contributed by atoms with van der Waals surface area (Å²) in [6.07, 6.45) is 1.10. The van der Waals surface area contributed by atoms with Crippen molar-refractivity contribution in [1.82, 2.24) is 10.2 Å². The molecule has 5 heteroatoms. The Morgan fingerprint density at radius 3 is 2.70 bits per heavy atom. The first kappa shape index (κ1) is 15.5. The molecule has 1 saturated heterocycles. The number of carbonyl (C=O) groups excluding carboxylic acids is 1. The van der Waals surface area contributed by atoms with Crippen LogP contribution in [-0.4, -0.2) is 43.5 Å². The van der Waals surface area contributed by atoms with Gasteiger partial charge in [0.15, 0.2) is 0 Å². The minimum absolute atomic E-state index is 0.0698. The lowest BCUT2D eigenvalue weighted by Crippen LogP contribution is -2.35. The molecule has 0 aliphatic carbocycles. The van der Waals surface area contributed by atoms with Crippen molar-refractivity contribution in [2.75, 3.05) is 38.0 Å². The predicted octanol–water partition coefficient (Wildman–Crippen LogP) is 2.30. The van der Waals surface area contributed by atoms with E-state index in [0.717, 1.165) is 53.9 Å². The van der Waals surface area contributed by atoms with Crippen molar-refractivity contribution in [2.24, 2.45) is 0 Å². The number of halogens is 1. The zero-order chi connectivity index (χ0) is 14.5. The molecular formula is C15H22BrN3O. The summed E-state index contributed by atoms with van der Waals surface area (Å²) in [6, 6.07) is 4.05. The molecule has 0 unspecified atom stereocenters. The van der Waals surface area contributed by atoms with Gasteiger partial charge in [0.2, 0.25) is 5.91 Å². The Bertz CT molecular complexity index is 459. The number of carbonyl (C=O) groups is 1. The number of hydrogen-bond donors (Lipinski definition) is 2. The van der Waals surface area contributed by atoms with E-state index >= 15 is 0 Å². The Kier molecular flexibility index (Phi) is 5.57. The van der Waals surface area contributed by atoms with Gasteiger partial charge >= 0.3 is 0 Å². The fourth-order valence-electron chi connectivity index (χ4n) is 2.55. The summed E-state index contributed by atoms with van der Waals surface area (Å²) in [4.78, 5) is 14.4. The zero-order valence-electron chi connectivity index (χ0n) is 12.1. The van der Waals surface area contributed by atoms with Gasteiger partial charge in [0, 0.05) is 23.2 Å². The van der Waals surface area contributed by atoms with Crippen molar-refractivity contribution in [3.05, 3.63) is 27.7 Å². The maximum absolute atomic E-state index is 12.2. The van der Waals surface area contributed by atoms with E-state index in [1.807, 2.05) is 26.0 Å². The maximum atomic E-state index is 12.2. The van der Waals surface area contributed by atoms with Crippen LogP contribution in [0.1, 0.15) is 17.5 Å². The predicted molar refractivity (Wildman–Crippen MR) is 86.2 cm³/mol. The van der Waals surface area contributed by atoms with Gasteiger partial charge in [0.05, 0.1) is 6.54 Å². The standard InChI is InChI=1S/C15H22BrN3O/c1-11-8-13(16)9-12(2)15(11)18-14(20)10-19-6-3-4-17-5-7-19/h8-9,17H,3-7,10H2,1-2H3,(H,18,20). The molecule has 0 saturated carbocycles. The minimum Gasteiger partial charge on any atom is -0.324 e. The molecule has 1 aromatic rings. The van der Waals surface area contributed by atoms with Crippen LogP contribution in [0.25, 0.3) is 0 Å². The monoisotopic (exact) mass is 339 g/mol. The molecule has 1 aliphatic rings. The lowest BCUT2D eigenvalue weighted by molar-refractivity contribution is -0.117. The average Bonchev–Trinajstić information content (AvgIpc) is 2.62. The largest absolute Gasteiger partial charge is 0.324 e. The first-order valence-electron chi connectivity index (χ1n) is 7.06. The van der Waals surface area contributed by atoms with Crippen LogP contribution < -0.4 is 10.6 Å². The number of amides is 1. The SMILES string of the molecule is Cc1cc(Br)cc(C)c1NC(=O)CN1CCCNCC1. The second-order valence-corrected chi connectivity index (χ2v) is 6.26. The summed E-state index contributed by atoms with van der Waals surface area (Å²) in [7, 11) is 0. The molecule has 0 spiro atoms. The van der Waals surface area contributed by atoms with Crippen LogP contribution in [0.5, 0.6) is 0 Å². The molecule has 2 N–H and O–H groups in total. The third-order valence-electron chi connectivity index (χ3n) is 3.56. The van der Waals surface area contributed by atoms with Gasteiger partial charge in [-0.2, -0.15) is 0 Å². The Morgan fingerprint density at radius 1 is 1.30 bits per heavy atom. The number of nitrogens with zero attached hydrogens (tertiary/aromatic N) is 1. The van der Waals surface area contributed by atoms with E-state index in [1.54, 1.807) is 0 Å². The van der Waals surface area contributed by atoms with Crippen LogP contribution in [0.2, 0.25) is 0 Å². The van der Waals surface area contributed by atoms with Crippen LogP contribution in [0, 0.1) is 13.8 Å². The average molecular weight is 340 g/mol. The van der Waals surface area contributed by atoms with Gasteiger partial charge in [-0.05, 0) is 56.6 Å². The first-order chi connectivity index (χ1) is 9.56. The quantitative estimate of drug-likeness (QED) is 0.888. The van der Waals surface area contributed by atoms with Crippen molar-refractivity contribution in [2.45, 2.75) is 20.3 Å². The van der Waals surface area contributed by atoms with E-state index in [-0.39, 0.29) is 5.91 Å². The lowest BCUT2D eigenvalue weighted by atomic mass is 10.1. The third-order valence-corrected chi connectivity index (χ3v) is 4.02.